The van der Waals surface area contributed by atoms with E-state index in [1.54, 1.807) is 4.90 Å². The maximum Gasteiger partial charge on any atom is 0.243 e. The second-order valence-electron chi connectivity index (χ2n) is 8.87. The fourth-order valence-corrected chi connectivity index (χ4v) is 4.79. The van der Waals surface area contributed by atoms with Crippen molar-refractivity contribution in [1.82, 2.24) is 10.2 Å². The quantitative estimate of drug-likeness (QED) is 0.517. The van der Waals surface area contributed by atoms with Crippen molar-refractivity contribution in [2.45, 2.75) is 83.8 Å². The highest BCUT2D eigenvalue weighted by molar-refractivity contribution is 6.31. The topological polar surface area (TPSA) is 49.4 Å². The maximum absolute atomic E-state index is 13.4. The highest BCUT2D eigenvalue weighted by Gasteiger charge is 2.30. The molecule has 2 amide bonds. The fraction of sp³-hybridized carbons (Fsp3) is 0.481. The molecule has 0 spiro atoms. The van der Waals surface area contributed by atoms with Crippen molar-refractivity contribution in [3.05, 3.63) is 70.2 Å². The summed E-state index contributed by atoms with van der Waals surface area (Å²) in [6.07, 6.45) is 7.08. The minimum atomic E-state index is -0.476. The summed E-state index contributed by atoms with van der Waals surface area (Å²) >= 11 is 6.29. The lowest BCUT2D eigenvalue weighted by Gasteiger charge is -2.33. The lowest BCUT2D eigenvalue weighted by Crippen LogP contribution is -2.51. The molecule has 2 aromatic rings. The Morgan fingerprint density at radius 2 is 1.84 bits per heavy atom. The van der Waals surface area contributed by atoms with Crippen LogP contribution in [0.5, 0.6) is 0 Å². The smallest absolute Gasteiger partial charge is 0.243 e. The molecule has 0 saturated heterocycles. The van der Waals surface area contributed by atoms with Crippen LogP contribution in [0.15, 0.2) is 48.5 Å². The van der Waals surface area contributed by atoms with E-state index in [1.165, 1.54) is 6.42 Å². The summed E-state index contributed by atoms with van der Waals surface area (Å²) in [7, 11) is 0. The minimum Gasteiger partial charge on any atom is -0.352 e. The van der Waals surface area contributed by atoms with Crippen LogP contribution in [0.1, 0.15) is 68.6 Å². The average molecular weight is 455 g/mol. The van der Waals surface area contributed by atoms with Crippen LogP contribution < -0.4 is 5.32 Å². The number of carbonyl (C=O) groups is 2. The number of hydrogen-bond acceptors (Lipinski definition) is 2. The molecule has 0 aliphatic heterocycles. The first-order chi connectivity index (χ1) is 15.5. The third kappa shape index (κ3) is 6.83. The number of rotatable bonds is 9. The number of halogens is 1. The van der Waals surface area contributed by atoms with Crippen molar-refractivity contribution in [3.63, 3.8) is 0 Å². The van der Waals surface area contributed by atoms with Gasteiger partial charge in [0, 0.05) is 24.0 Å². The first-order valence-electron chi connectivity index (χ1n) is 11.9. The molecule has 1 fully saturated rings. The predicted molar refractivity (Wildman–Crippen MR) is 131 cm³/mol. The van der Waals surface area contributed by atoms with Gasteiger partial charge in [0.25, 0.3) is 0 Å². The van der Waals surface area contributed by atoms with Crippen LogP contribution in [0, 0.1) is 6.92 Å². The van der Waals surface area contributed by atoms with Crippen LogP contribution in [-0.4, -0.2) is 28.8 Å². The van der Waals surface area contributed by atoms with Crippen LogP contribution in [0.2, 0.25) is 5.02 Å². The van der Waals surface area contributed by atoms with Gasteiger partial charge in [-0.1, -0.05) is 85.8 Å². The summed E-state index contributed by atoms with van der Waals surface area (Å²) in [6, 6.07) is 15.5. The van der Waals surface area contributed by atoms with Gasteiger partial charge in [0.1, 0.15) is 6.04 Å². The molecule has 0 bridgehead atoms. The van der Waals surface area contributed by atoms with Gasteiger partial charge in [0.2, 0.25) is 11.8 Å². The molecule has 1 aliphatic carbocycles. The summed E-state index contributed by atoms with van der Waals surface area (Å²) in [5, 5.41) is 3.91. The molecule has 0 heterocycles. The molecule has 0 unspecified atom stereocenters. The second kappa shape index (κ2) is 12.1. The molecular weight excluding hydrogens is 420 g/mol. The Balaban J connectivity index is 1.76. The van der Waals surface area contributed by atoms with E-state index in [0.29, 0.717) is 30.8 Å². The zero-order valence-corrected chi connectivity index (χ0v) is 20.0. The van der Waals surface area contributed by atoms with Gasteiger partial charge in [0.15, 0.2) is 0 Å². The second-order valence-corrected chi connectivity index (χ2v) is 9.28. The number of benzene rings is 2. The summed E-state index contributed by atoms with van der Waals surface area (Å²) in [4.78, 5) is 28.4. The third-order valence-electron chi connectivity index (χ3n) is 6.34. The molecular formula is C27H35ClN2O2. The van der Waals surface area contributed by atoms with E-state index in [1.807, 2.05) is 56.3 Å². The molecule has 32 heavy (non-hydrogen) atoms. The Labute approximate surface area is 197 Å². The van der Waals surface area contributed by atoms with Crippen molar-refractivity contribution in [2.24, 2.45) is 0 Å². The Hall–Kier alpha value is -2.33. The van der Waals surface area contributed by atoms with Crippen LogP contribution >= 0.6 is 11.6 Å². The van der Waals surface area contributed by atoms with Gasteiger partial charge < -0.3 is 10.2 Å². The summed E-state index contributed by atoms with van der Waals surface area (Å²) in [5.74, 6) is -0.0461. The van der Waals surface area contributed by atoms with Crippen molar-refractivity contribution in [2.75, 3.05) is 0 Å². The van der Waals surface area contributed by atoms with E-state index in [2.05, 4.69) is 11.4 Å². The van der Waals surface area contributed by atoms with E-state index in [9.17, 15) is 9.59 Å². The first kappa shape index (κ1) is 24.3. The van der Waals surface area contributed by atoms with Gasteiger partial charge in [-0.2, -0.15) is 0 Å². The Kier molecular flexibility index (Phi) is 9.16. The van der Waals surface area contributed by atoms with Gasteiger partial charge in [-0.15, -0.1) is 0 Å². The van der Waals surface area contributed by atoms with E-state index in [-0.39, 0.29) is 17.9 Å². The molecule has 0 aromatic heterocycles. The largest absolute Gasteiger partial charge is 0.352 e. The van der Waals surface area contributed by atoms with Crippen molar-refractivity contribution in [3.8, 4) is 0 Å². The number of nitrogens with zero attached hydrogens (tertiary/aromatic N) is 1. The Morgan fingerprint density at radius 3 is 2.53 bits per heavy atom. The third-order valence-corrected chi connectivity index (χ3v) is 6.71. The van der Waals surface area contributed by atoms with E-state index >= 15 is 0 Å². The Bertz CT molecular complexity index is 908. The standard InChI is InChI=1S/C27H35ClN2O2/c1-3-25(27(32)29-23-13-5-4-6-14-23)30(19-21-11-9-10-20(2)18-21)26(31)17-16-22-12-7-8-15-24(22)28/h7-12,15,18,23,25H,3-6,13-14,16-17,19H2,1-2H3,(H,29,32)/t25-/m1/s1. The van der Waals surface area contributed by atoms with Gasteiger partial charge in [0.05, 0.1) is 0 Å². The van der Waals surface area contributed by atoms with Gasteiger partial charge >= 0.3 is 0 Å². The highest BCUT2D eigenvalue weighted by atomic mass is 35.5. The van der Waals surface area contributed by atoms with E-state index in [0.717, 1.165) is 42.4 Å². The number of hydrogen-bond donors (Lipinski definition) is 1. The van der Waals surface area contributed by atoms with E-state index < -0.39 is 6.04 Å². The molecule has 0 radical (unpaired) electrons. The van der Waals surface area contributed by atoms with E-state index in [4.69, 9.17) is 11.6 Å². The van der Waals surface area contributed by atoms with Crippen molar-refractivity contribution < 1.29 is 9.59 Å². The predicted octanol–water partition coefficient (Wildman–Crippen LogP) is 5.84. The van der Waals surface area contributed by atoms with Gasteiger partial charge in [-0.25, -0.2) is 0 Å². The number of aryl methyl sites for hydroxylation is 2. The molecule has 1 aliphatic rings. The normalized spacial score (nSPS) is 15.2. The molecule has 3 rings (SSSR count). The highest BCUT2D eigenvalue weighted by Crippen LogP contribution is 2.21. The molecule has 1 saturated carbocycles. The summed E-state index contributed by atoms with van der Waals surface area (Å²) in [5.41, 5.74) is 3.14. The summed E-state index contributed by atoms with van der Waals surface area (Å²) < 4.78 is 0. The molecule has 4 nitrogen and oxygen atoms in total. The SMILES string of the molecule is CC[C@H](C(=O)NC1CCCCC1)N(Cc1cccc(C)c1)C(=O)CCc1ccccc1Cl. The Morgan fingerprint density at radius 1 is 1.09 bits per heavy atom. The lowest BCUT2D eigenvalue weighted by molar-refractivity contribution is -0.141. The van der Waals surface area contributed by atoms with Crippen LogP contribution in [-0.2, 0) is 22.6 Å². The number of amides is 2. The molecule has 1 N–H and O–H groups in total. The number of nitrogens with one attached hydrogen (secondary N) is 1. The van der Waals surface area contributed by atoms with Crippen LogP contribution in [0.3, 0.4) is 0 Å². The molecule has 2 aromatic carbocycles. The maximum atomic E-state index is 13.4. The van der Waals surface area contributed by atoms with Crippen molar-refractivity contribution >= 4 is 23.4 Å². The zero-order valence-electron chi connectivity index (χ0n) is 19.3. The van der Waals surface area contributed by atoms with Crippen molar-refractivity contribution in [1.29, 1.82) is 0 Å². The first-order valence-corrected chi connectivity index (χ1v) is 12.2. The minimum absolute atomic E-state index is 0.0166. The molecule has 5 heteroatoms. The van der Waals surface area contributed by atoms with Gasteiger partial charge in [-0.05, 0) is 49.8 Å². The number of carbonyl (C=O) groups excluding carboxylic acids is 2. The van der Waals surface area contributed by atoms with Gasteiger partial charge in [-0.3, -0.25) is 9.59 Å². The van der Waals surface area contributed by atoms with Crippen LogP contribution in [0.4, 0.5) is 0 Å². The average Bonchev–Trinajstić information content (AvgIpc) is 2.79. The summed E-state index contributed by atoms with van der Waals surface area (Å²) in [6.45, 7) is 4.45. The monoisotopic (exact) mass is 454 g/mol. The molecule has 172 valence electrons. The van der Waals surface area contributed by atoms with Crippen LogP contribution in [0.25, 0.3) is 0 Å². The molecule has 1 atom stereocenters. The zero-order chi connectivity index (χ0) is 22.9. The lowest BCUT2D eigenvalue weighted by atomic mass is 9.95. The fourth-order valence-electron chi connectivity index (χ4n) is 4.56.